The van der Waals surface area contributed by atoms with E-state index in [0.29, 0.717) is 12.1 Å². The first kappa shape index (κ1) is 86.5. The topological polar surface area (TPSA) is 129 Å². The van der Waals surface area contributed by atoms with Gasteiger partial charge in [0.2, 0.25) is 12.7 Å². The van der Waals surface area contributed by atoms with Crippen LogP contribution in [-0.2, 0) is 4.57 Å². The Morgan fingerprint density at radius 2 is 0.461 bits per heavy atom. The van der Waals surface area contributed by atoms with Crippen molar-refractivity contribution in [2.24, 2.45) is 5.50 Å². The van der Waals surface area contributed by atoms with Gasteiger partial charge >= 0.3 is 0 Å². The van der Waals surface area contributed by atoms with E-state index in [1.165, 1.54) is 385 Å². The van der Waals surface area contributed by atoms with E-state index in [2.05, 4.69) is 138 Å². The highest BCUT2D eigenvalue weighted by molar-refractivity contribution is 7.46. The zero-order chi connectivity index (χ0) is 64.5. The van der Waals surface area contributed by atoms with E-state index in [-0.39, 0.29) is 0 Å². The van der Waals surface area contributed by atoms with Crippen molar-refractivity contribution in [1.29, 1.82) is 0 Å². The normalized spacial score (nSPS) is 12.1. The minimum Gasteiger partial charge on any atom is -0.799 e. The van der Waals surface area contributed by atoms with Crippen LogP contribution < -0.4 is 24.4 Å². The Balaban J connectivity index is 0.00000161. The van der Waals surface area contributed by atoms with Crippen molar-refractivity contribution in [2.45, 2.75) is 425 Å². The van der Waals surface area contributed by atoms with E-state index in [9.17, 15) is 0 Å². The molecule has 0 radical (unpaired) electrons. The van der Waals surface area contributed by atoms with Gasteiger partial charge < -0.3 is 19.9 Å². The average Bonchev–Trinajstić information content (AvgIpc) is 4.48. The molecule has 0 spiro atoms. The Hall–Kier alpha value is -2.51. The number of imidazole rings is 2. The molecule has 89 heavy (non-hydrogen) atoms. The fourth-order valence-electron chi connectivity index (χ4n) is 12.5. The number of H-pyrrole nitrogens is 2. The predicted octanol–water partition coefficient (Wildman–Crippen LogP) is 25.2. The molecule has 0 saturated heterocycles. The summed E-state index contributed by atoms with van der Waals surface area (Å²) in [5.74, 6) is 0. The van der Waals surface area contributed by atoms with Gasteiger partial charge in [0.25, 0.3) is 0 Å². The van der Waals surface area contributed by atoms with Gasteiger partial charge in [-0.3, -0.25) is 9.97 Å². The van der Waals surface area contributed by atoms with Crippen LogP contribution in [0.4, 0.5) is 0 Å². The molecule has 4 N–H and O–H groups in total. The van der Waals surface area contributed by atoms with Gasteiger partial charge in [-0.2, -0.15) is 0 Å². The van der Waals surface area contributed by atoms with Crippen LogP contribution in [0.25, 0.3) is 0 Å². The molecular formula is C80H152N5O3P. The van der Waals surface area contributed by atoms with Crippen molar-refractivity contribution in [1.82, 2.24) is 9.97 Å². The fraction of sp³-hybridized carbons (Fsp3) is 0.825. The molecule has 0 aromatic carbocycles. The second-order valence-electron chi connectivity index (χ2n) is 26.9. The van der Waals surface area contributed by atoms with Gasteiger partial charge in [0, 0.05) is 0 Å². The summed E-state index contributed by atoms with van der Waals surface area (Å²) in [5, 5.41) is 0. The van der Waals surface area contributed by atoms with Gasteiger partial charge in [0.15, 0.2) is 0 Å². The standard InChI is InChI=1S/2C40H74N2.H4NO3P/c2*1-3-5-7-9-11-13-15-17-19-21-23-25-27-29-31-33-35-40(42-38-37-41-39-42)36-34-32-30-28-26-24-22-20-18-16-14-12-10-8-6-4-2;1-5(2,3)4/h2*17-20,37-40H,3-16,21-36H2,1-2H3;(H4,1,2,3,4)/b2*19-17-,20-18-;. The minimum absolute atomic E-state index is 0.685. The first-order valence-electron chi connectivity index (χ1n) is 39.2. The van der Waals surface area contributed by atoms with E-state index in [1.54, 1.807) is 0 Å². The van der Waals surface area contributed by atoms with Crippen LogP contribution in [0.15, 0.2) is 86.1 Å². The van der Waals surface area contributed by atoms with E-state index in [1.807, 2.05) is 0 Å². The van der Waals surface area contributed by atoms with Crippen LogP contribution in [0, 0.1) is 0 Å². The number of unbranched alkanes of at least 4 members (excludes halogenated alkanes) is 48. The maximum absolute atomic E-state index is 8.88. The van der Waals surface area contributed by atoms with E-state index >= 15 is 0 Å². The van der Waals surface area contributed by atoms with E-state index in [0.717, 1.165) is 0 Å². The third-order valence-corrected chi connectivity index (χ3v) is 18.2. The molecule has 0 saturated carbocycles. The Kier molecular flexibility index (Phi) is 70.9. The molecule has 0 bridgehead atoms. The lowest BCUT2D eigenvalue weighted by Crippen LogP contribution is -2.37. The molecule has 0 fully saturated rings. The predicted molar refractivity (Wildman–Crippen MR) is 388 cm³/mol. The number of hydrogen-bond donors (Lipinski definition) is 3. The molecule has 0 aliphatic rings. The van der Waals surface area contributed by atoms with Gasteiger partial charge in [0.05, 0.1) is 0 Å². The molecule has 520 valence electrons. The van der Waals surface area contributed by atoms with Crippen molar-refractivity contribution < 1.29 is 23.5 Å². The molecule has 2 rings (SSSR count). The van der Waals surface area contributed by atoms with Gasteiger partial charge in [0.1, 0.15) is 36.9 Å². The number of aromatic amines is 2. The van der Waals surface area contributed by atoms with Crippen LogP contribution in [-0.4, -0.2) is 9.97 Å². The van der Waals surface area contributed by atoms with E-state index < -0.39 is 7.75 Å². The lowest BCUT2D eigenvalue weighted by Gasteiger charge is -2.21. The molecular weight excluding hydrogens is 1110 g/mol. The van der Waals surface area contributed by atoms with Crippen molar-refractivity contribution in [3.05, 3.63) is 86.1 Å². The smallest absolute Gasteiger partial charge is 0.241 e. The Morgan fingerprint density at radius 1 is 0.303 bits per heavy atom. The van der Waals surface area contributed by atoms with Crippen LogP contribution in [0.5, 0.6) is 0 Å². The largest absolute Gasteiger partial charge is 0.799 e. The molecule has 0 aliphatic carbocycles. The molecule has 2 heterocycles. The Labute approximate surface area is 554 Å². The van der Waals surface area contributed by atoms with E-state index in [4.69, 9.17) is 14.4 Å². The van der Waals surface area contributed by atoms with Crippen molar-refractivity contribution >= 4 is 7.75 Å². The summed E-state index contributed by atoms with van der Waals surface area (Å²) >= 11 is 0. The molecule has 2 aromatic rings. The quantitative estimate of drug-likeness (QED) is 0.0264. The first-order valence-corrected chi connectivity index (χ1v) is 40.8. The monoisotopic (exact) mass is 1260 g/mol. The van der Waals surface area contributed by atoms with Crippen LogP contribution in [0.3, 0.4) is 0 Å². The lowest BCUT2D eigenvalue weighted by molar-refractivity contribution is -0.723. The van der Waals surface area contributed by atoms with Crippen molar-refractivity contribution in [3.8, 4) is 0 Å². The minimum atomic E-state index is -4.64. The second kappa shape index (κ2) is 72.9. The summed E-state index contributed by atoms with van der Waals surface area (Å²) in [5.41, 5.74) is 3.80. The number of nitrogens with zero attached hydrogens (tertiary/aromatic N) is 2. The number of nitrogens with one attached hydrogen (secondary N) is 2. The highest BCUT2D eigenvalue weighted by Gasteiger charge is 2.16. The second-order valence-corrected chi connectivity index (χ2v) is 28.0. The molecule has 0 aliphatic heterocycles. The maximum atomic E-state index is 8.88. The van der Waals surface area contributed by atoms with Gasteiger partial charge in [-0.25, -0.2) is 9.13 Å². The summed E-state index contributed by atoms with van der Waals surface area (Å²) in [6.45, 7) is 9.18. The number of hydrogen-bond acceptors (Lipinski definition) is 3. The first-order chi connectivity index (χ1) is 43.8. The SMILES string of the molecule is CCCCCCCC/C=C\CCCCCCCCC(CCCCCCCC/C=C\CCCCCCCC)[n+]1cc[nH]c1.CCCCCCCC/C=C\CCCCCCCCC(CCCCCCCC/C=C\CCCCCCCC)[n+]1cc[nH]c1.NP(=O)([O-])[O-]. The summed E-state index contributed by atoms with van der Waals surface area (Å²) in [7, 11) is -4.64. The van der Waals surface area contributed by atoms with Crippen LogP contribution >= 0.6 is 7.75 Å². The summed E-state index contributed by atoms with van der Waals surface area (Å²) in [6, 6.07) is 1.37. The molecule has 9 heteroatoms. The van der Waals surface area contributed by atoms with Gasteiger partial charge in [-0.15, -0.1) is 0 Å². The van der Waals surface area contributed by atoms with Crippen LogP contribution in [0.2, 0.25) is 0 Å². The number of nitrogens with two attached hydrogens (primary N) is 1. The van der Waals surface area contributed by atoms with Crippen molar-refractivity contribution in [3.63, 3.8) is 0 Å². The lowest BCUT2D eigenvalue weighted by atomic mass is 9.99. The summed E-state index contributed by atoms with van der Waals surface area (Å²) in [6.07, 6.45) is 116. The summed E-state index contributed by atoms with van der Waals surface area (Å²) in [4.78, 5) is 24.3. The highest BCUT2D eigenvalue weighted by Crippen LogP contribution is 2.22. The van der Waals surface area contributed by atoms with Crippen molar-refractivity contribution in [2.75, 3.05) is 0 Å². The third-order valence-electron chi connectivity index (χ3n) is 18.2. The number of aromatic nitrogens is 4. The highest BCUT2D eigenvalue weighted by atomic mass is 31.2. The van der Waals surface area contributed by atoms with Crippen LogP contribution in [0.1, 0.15) is 425 Å². The van der Waals surface area contributed by atoms with Gasteiger partial charge in [-0.05, 0) is 162 Å². The Morgan fingerprint density at radius 3 is 0.618 bits per heavy atom. The zero-order valence-corrected chi connectivity index (χ0v) is 60.7. The zero-order valence-electron chi connectivity index (χ0n) is 59.8. The Bertz CT molecular complexity index is 1560. The maximum Gasteiger partial charge on any atom is 0.241 e. The molecule has 0 unspecified atom stereocenters. The molecule has 2 aromatic heterocycles. The molecule has 0 atom stereocenters. The number of rotatable bonds is 66. The molecule has 8 nitrogen and oxygen atoms in total. The third kappa shape index (κ3) is 71.2. The number of allylic oxidation sites excluding steroid dienone is 8. The molecule has 0 amide bonds. The summed E-state index contributed by atoms with van der Waals surface area (Å²) < 4.78 is 13.8. The average molecular weight is 1260 g/mol. The fourth-order valence-corrected chi connectivity index (χ4v) is 12.5. The van der Waals surface area contributed by atoms with Gasteiger partial charge in [-0.1, -0.05) is 307 Å².